The fourth-order valence-corrected chi connectivity index (χ4v) is 3.85. The molecule has 0 atom stereocenters. The summed E-state index contributed by atoms with van der Waals surface area (Å²) in [5.74, 6) is 0.800. The van der Waals surface area contributed by atoms with Crippen LogP contribution in [0, 0.1) is 0 Å². The molecule has 0 amide bonds. The van der Waals surface area contributed by atoms with Gasteiger partial charge in [-0.15, -0.1) is 0 Å². The second-order valence-corrected chi connectivity index (χ2v) is 6.51. The lowest BCUT2D eigenvalue weighted by atomic mass is 9.83. The highest BCUT2D eigenvalue weighted by molar-refractivity contribution is 5.71. The smallest absolute Gasteiger partial charge is 0.0379 e. The van der Waals surface area contributed by atoms with E-state index in [2.05, 4.69) is 47.8 Å². The molecule has 1 N–H and O–H groups in total. The van der Waals surface area contributed by atoms with E-state index in [1.165, 1.54) is 60.0 Å². The van der Waals surface area contributed by atoms with Gasteiger partial charge >= 0.3 is 0 Å². The fraction of sp³-hybridized carbons (Fsp3) is 0.400. The highest BCUT2D eigenvalue weighted by Gasteiger charge is 2.15. The van der Waals surface area contributed by atoms with Crippen molar-refractivity contribution in [3.05, 3.63) is 53.6 Å². The predicted molar refractivity (Wildman–Crippen MR) is 89.9 cm³/mol. The number of nitrogens with one attached hydrogen (secondary N) is 1. The Balaban J connectivity index is 1.58. The van der Waals surface area contributed by atoms with Crippen LogP contribution in [0.25, 0.3) is 11.1 Å². The fourth-order valence-electron chi connectivity index (χ4n) is 3.85. The van der Waals surface area contributed by atoms with Gasteiger partial charge in [0.05, 0.1) is 0 Å². The second kappa shape index (κ2) is 5.55. The molecule has 1 heterocycles. The maximum atomic E-state index is 3.47. The lowest BCUT2D eigenvalue weighted by Crippen LogP contribution is -2.04. The van der Waals surface area contributed by atoms with E-state index >= 15 is 0 Å². The summed E-state index contributed by atoms with van der Waals surface area (Å²) in [6.45, 7) is 1.08. The van der Waals surface area contributed by atoms with Gasteiger partial charge in [-0.3, -0.25) is 0 Å². The molecule has 1 fully saturated rings. The molecule has 108 valence electrons. The highest BCUT2D eigenvalue weighted by atomic mass is 14.9. The molecule has 1 aliphatic carbocycles. The first-order valence-electron chi connectivity index (χ1n) is 8.37. The van der Waals surface area contributed by atoms with Gasteiger partial charge < -0.3 is 5.32 Å². The van der Waals surface area contributed by atoms with E-state index in [1.54, 1.807) is 0 Å². The van der Waals surface area contributed by atoms with Crippen LogP contribution in [-0.2, 0) is 6.42 Å². The van der Waals surface area contributed by atoms with Crippen LogP contribution in [0.15, 0.2) is 42.5 Å². The number of rotatable bonds is 2. The minimum Gasteiger partial charge on any atom is -0.384 e. The average molecular weight is 277 g/mol. The van der Waals surface area contributed by atoms with Crippen molar-refractivity contribution < 1.29 is 0 Å². The van der Waals surface area contributed by atoms with E-state index in [-0.39, 0.29) is 0 Å². The zero-order valence-electron chi connectivity index (χ0n) is 12.6. The average Bonchev–Trinajstić information content (AvgIpc) is 3.03. The van der Waals surface area contributed by atoms with Crippen molar-refractivity contribution in [2.45, 2.75) is 44.4 Å². The maximum Gasteiger partial charge on any atom is 0.0379 e. The van der Waals surface area contributed by atoms with Crippen LogP contribution in [-0.4, -0.2) is 6.54 Å². The number of anilines is 1. The summed E-state index contributed by atoms with van der Waals surface area (Å²) in [4.78, 5) is 0. The summed E-state index contributed by atoms with van der Waals surface area (Å²) in [6.07, 6.45) is 8.16. The largest absolute Gasteiger partial charge is 0.384 e. The summed E-state index contributed by atoms with van der Waals surface area (Å²) in [5.41, 5.74) is 6.99. The van der Waals surface area contributed by atoms with E-state index < -0.39 is 0 Å². The molecule has 0 unspecified atom stereocenters. The van der Waals surface area contributed by atoms with Gasteiger partial charge in [0.2, 0.25) is 0 Å². The third-order valence-corrected chi connectivity index (χ3v) is 5.14. The Kier molecular flexibility index (Phi) is 3.42. The topological polar surface area (TPSA) is 12.0 Å². The van der Waals surface area contributed by atoms with E-state index in [0.29, 0.717) is 0 Å². The van der Waals surface area contributed by atoms with Crippen LogP contribution in [0.1, 0.15) is 49.1 Å². The van der Waals surface area contributed by atoms with Crippen LogP contribution < -0.4 is 5.32 Å². The molecule has 1 heteroatoms. The summed E-state index contributed by atoms with van der Waals surface area (Å²) < 4.78 is 0. The number of hydrogen-bond acceptors (Lipinski definition) is 1. The molecule has 2 aromatic carbocycles. The van der Waals surface area contributed by atoms with Gasteiger partial charge in [-0.05, 0) is 53.5 Å². The minimum absolute atomic E-state index is 0.800. The van der Waals surface area contributed by atoms with Crippen LogP contribution in [0.4, 0.5) is 5.69 Å². The van der Waals surface area contributed by atoms with Gasteiger partial charge in [0.1, 0.15) is 0 Å². The van der Waals surface area contributed by atoms with E-state index in [0.717, 1.165) is 18.9 Å². The Morgan fingerprint density at radius 1 is 0.810 bits per heavy atom. The van der Waals surface area contributed by atoms with Crippen molar-refractivity contribution in [2.75, 3.05) is 11.9 Å². The monoisotopic (exact) mass is 277 g/mol. The Labute approximate surface area is 127 Å². The van der Waals surface area contributed by atoms with Gasteiger partial charge in [-0.25, -0.2) is 0 Å². The molecule has 0 radical (unpaired) electrons. The summed E-state index contributed by atoms with van der Waals surface area (Å²) >= 11 is 0. The first-order chi connectivity index (χ1) is 10.4. The van der Waals surface area contributed by atoms with Crippen molar-refractivity contribution in [2.24, 2.45) is 0 Å². The Bertz CT molecular complexity index is 621. The molecule has 2 aliphatic rings. The second-order valence-electron chi connectivity index (χ2n) is 6.51. The van der Waals surface area contributed by atoms with Gasteiger partial charge in [0.25, 0.3) is 0 Å². The van der Waals surface area contributed by atoms with Crippen molar-refractivity contribution >= 4 is 5.69 Å². The van der Waals surface area contributed by atoms with Gasteiger partial charge in [-0.1, -0.05) is 55.7 Å². The van der Waals surface area contributed by atoms with Crippen molar-refractivity contribution in [3.63, 3.8) is 0 Å². The third-order valence-electron chi connectivity index (χ3n) is 5.14. The van der Waals surface area contributed by atoms with Crippen molar-refractivity contribution in [3.8, 4) is 11.1 Å². The summed E-state index contributed by atoms with van der Waals surface area (Å²) in [6, 6.07) is 16.2. The first-order valence-corrected chi connectivity index (χ1v) is 8.37. The molecule has 2 aromatic rings. The number of fused-ring (bicyclic) bond motifs is 1. The molecular formula is C20H23N. The molecule has 0 aromatic heterocycles. The zero-order chi connectivity index (χ0) is 14.1. The third kappa shape index (κ3) is 2.57. The molecule has 0 saturated heterocycles. The van der Waals surface area contributed by atoms with Crippen LogP contribution in [0.2, 0.25) is 0 Å². The molecule has 1 aliphatic heterocycles. The molecule has 0 spiro atoms. The van der Waals surface area contributed by atoms with E-state index in [1.807, 2.05) is 0 Å². The van der Waals surface area contributed by atoms with Crippen LogP contribution in [0.5, 0.6) is 0 Å². The molecular weight excluding hydrogens is 254 g/mol. The predicted octanol–water partition coefficient (Wildman–Crippen LogP) is 5.37. The van der Waals surface area contributed by atoms with E-state index in [4.69, 9.17) is 0 Å². The summed E-state index contributed by atoms with van der Waals surface area (Å²) in [5, 5.41) is 3.47. The molecule has 0 bridgehead atoms. The zero-order valence-corrected chi connectivity index (χ0v) is 12.6. The molecule has 21 heavy (non-hydrogen) atoms. The lowest BCUT2D eigenvalue weighted by molar-refractivity contribution is 0.443. The quantitative estimate of drug-likeness (QED) is 0.778. The SMILES string of the molecule is c1cc(C2CCCCC2)ccc1-c1ccc2c(c1)NCC2. The minimum atomic E-state index is 0.800. The Morgan fingerprint density at radius 3 is 2.38 bits per heavy atom. The normalized spacial score (nSPS) is 18.3. The van der Waals surface area contributed by atoms with E-state index in [9.17, 15) is 0 Å². The number of hydrogen-bond donors (Lipinski definition) is 1. The van der Waals surface area contributed by atoms with Crippen molar-refractivity contribution in [1.82, 2.24) is 0 Å². The van der Waals surface area contributed by atoms with Crippen LogP contribution >= 0.6 is 0 Å². The standard InChI is InChI=1S/C20H23N/c1-2-4-15(5-3-1)16-6-8-17(9-7-16)19-11-10-18-12-13-21-20(18)14-19/h6-11,14-15,21H,1-5,12-13H2. The Morgan fingerprint density at radius 2 is 1.57 bits per heavy atom. The molecule has 1 nitrogen and oxygen atoms in total. The summed E-state index contributed by atoms with van der Waals surface area (Å²) in [7, 11) is 0. The van der Waals surface area contributed by atoms with Gasteiger partial charge in [0.15, 0.2) is 0 Å². The highest BCUT2D eigenvalue weighted by Crippen LogP contribution is 2.34. The maximum absolute atomic E-state index is 3.47. The first kappa shape index (κ1) is 12.9. The van der Waals surface area contributed by atoms with Gasteiger partial charge in [-0.2, -0.15) is 0 Å². The van der Waals surface area contributed by atoms with Crippen LogP contribution in [0.3, 0.4) is 0 Å². The molecule has 4 rings (SSSR count). The Hall–Kier alpha value is -1.76. The van der Waals surface area contributed by atoms with Gasteiger partial charge in [0, 0.05) is 12.2 Å². The number of benzene rings is 2. The molecule has 1 saturated carbocycles. The van der Waals surface area contributed by atoms with Crippen molar-refractivity contribution in [1.29, 1.82) is 0 Å². The lowest BCUT2D eigenvalue weighted by Gasteiger charge is -2.22.